The van der Waals surface area contributed by atoms with Crippen molar-refractivity contribution in [3.8, 4) is 28.4 Å². The van der Waals surface area contributed by atoms with E-state index in [4.69, 9.17) is 19.2 Å². The molecule has 0 bridgehead atoms. The van der Waals surface area contributed by atoms with Crippen molar-refractivity contribution in [1.82, 2.24) is 0 Å². The molecule has 125 valence electrons. The first-order valence-corrected chi connectivity index (χ1v) is 8.32. The van der Waals surface area contributed by atoms with Gasteiger partial charge in [-0.25, -0.2) is 0 Å². The first kappa shape index (κ1) is 15.1. The van der Waals surface area contributed by atoms with Gasteiger partial charge in [-0.05, 0) is 45.8 Å². The van der Waals surface area contributed by atoms with Gasteiger partial charge in [-0.1, -0.05) is 42.5 Å². The van der Waals surface area contributed by atoms with Crippen LogP contribution in [-0.4, -0.2) is 19.5 Å². The van der Waals surface area contributed by atoms with Gasteiger partial charge in [0.15, 0.2) is 0 Å². The van der Waals surface area contributed by atoms with Gasteiger partial charge in [-0.3, -0.25) is 0 Å². The molecule has 1 heterocycles. The van der Waals surface area contributed by atoms with Crippen molar-refractivity contribution in [2.45, 2.75) is 0 Å². The molecule has 1 radical (unpaired) electrons. The van der Waals surface area contributed by atoms with Crippen LogP contribution in [0, 0.1) is 0 Å². The molecule has 0 saturated carbocycles. The number of benzene rings is 4. The van der Waals surface area contributed by atoms with Crippen molar-refractivity contribution in [3.63, 3.8) is 0 Å². The van der Waals surface area contributed by atoms with Gasteiger partial charge >= 0.3 is 7.69 Å². The maximum absolute atomic E-state index is 8.89. The summed E-state index contributed by atoms with van der Waals surface area (Å²) in [6, 6.07) is 21.9. The molecule has 4 aromatic rings. The number of fused-ring (bicyclic) bond motifs is 7. The molecule has 0 aliphatic carbocycles. The second-order valence-electron chi connectivity index (χ2n) is 6.11. The Morgan fingerprint density at radius 3 is 2.23 bits per heavy atom. The Morgan fingerprint density at radius 2 is 1.46 bits per heavy atom. The zero-order valence-corrected chi connectivity index (χ0v) is 13.8. The van der Waals surface area contributed by atoms with E-state index in [0.717, 1.165) is 44.2 Å². The summed E-state index contributed by atoms with van der Waals surface area (Å²) >= 11 is 0. The zero-order chi connectivity index (χ0) is 17.5. The van der Waals surface area contributed by atoms with Gasteiger partial charge in [0.1, 0.15) is 17.2 Å². The van der Waals surface area contributed by atoms with Gasteiger partial charge in [-0.15, -0.1) is 0 Å². The summed E-state index contributed by atoms with van der Waals surface area (Å²) in [5.41, 5.74) is 2.04. The monoisotopic (exact) mass is 341 g/mol. The van der Waals surface area contributed by atoms with Crippen LogP contribution in [-0.2, 0) is 0 Å². The van der Waals surface area contributed by atoms with Crippen LogP contribution in [0.25, 0.3) is 32.7 Å². The van der Waals surface area contributed by atoms with E-state index in [0.29, 0.717) is 13.4 Å². The number of ether oxygens (including phenoxy) is 2. The maximum Gasteiger partial charge on any atom is 0.569 e. The predicted molar refractivity (Wildman–Crippen MR) is 102 cm³/mol. The number of hydrogen-bond acceptors (Lipinski definition) is 4. The van der Waals surface area contributed by atoms with Crippen molar-refractivity contribution < 1.29 is 19.2 Å². The highest BCUT2D eigenvalue weighted by atomic mass is 16.7. The SMILES string of the molecule is O[B]Oc1ccc2c3c(ccc2c1)OCOc1ccc2ccccc2c1-3. The van der Waals surface area contributed by atoms with Crippen LogP contribution < -0.4 is 14.1 Å². The molecule has 1 aliphatic rings. The molecule has 1 N–H and O–H groups in total. The second kappa shape index (κ2) is 5.97. The van der Waals surface area contributed by atoms with E-state index in [1.807, 2.05) is 48.5 Å². The van der Waals surface area contributed by atoms with E-state index in [2.05, 4.69) is 18.2 Å². The van der Waals surface area contributed by atoms with Crippen molar-refractivity contribution in [2.24, 2.45) is 0 Å². The third kappa shape index (κ3) is 2.29. The van der Waals surface area contributed by atoms with Crippen LogP contribution in [0.5, 0.6) is 17.2 Å². The standard InChI is InChI=1S/C21H14BO4/c23-22-26-15-7-8-17-14(11-15)6-10-19-21(17)20-16-4-2-1-3-13(16)5-9-18(20)24-12-25-19/h1-11,23H,12H2. The van der Waals surface area contributed by atoms with Crippen molar-refractivity contribution in [3.05, 3.63) is 66.7 Å². The van der Waals surface area contributed by atoms with Crippen LogP contribution >= 0.6 is 0 Å². The highest BCUT2D eigenvalue weighted by Crippen LogP contribution is 2.47. The van der Waals surface area contributed by atoms with Gasteiger partial charge in [0.25, 0.3) is 0 Å². The third-order valence-electron chi connectivity index (χ3n) is 4.71. The first-order valence-electron chi connectivity index (χ1n) is 8.32. The number of hydrogen-bond donors (Lipinski definition) is 1. The Kier molecular flexibility index (Phi) is 3.47. The van der Waals surface area contributed by atoms with E-state index in [-0.39, 0.29) is 6.79 Å². The van der Waals surface area contributed by atoms with Crippen molar-refractivity contribution in [2.75, 3.05) is 6.79 Å². The van der Waals surface area contributed by atoms with Gasteiger partial charge in [0, 0.05) is 11.1 Å². The Balaban J connectivity index is 1.88. The Morgan fingerprint density at radius 1 is 0.769 bits per heavy atom. The lowest BCUT2D eigenvalue weighted by Crippen LogP contribution is -2.03. The van der Waals surface area contributed by atoms with E-state index in [9.17, 15) is 0 Å². The molecule has 4 aromatic carbocycles. The quantitative estimate of drug-likeness (QED) is 0.553. The van der Waals surface area contributed by atoms with Crippen molar-refractivity contribution in [1.29, 1.82) is 0 Å². The molecule has 0 amide bonds. The van der Waals surface area contributed by atoms with Gasteiger partial charge in [-0.2, -0.15) is 0 Å². The predicted octanol–water partition coefficient (Wildman–Crippen LogP) is 4.29. The molecule has 0 unspecified atom stereocenters. The molecule has 5 rings (SSSR count). The minimum atomic E-state index is 0.171. The van der Waals surface area contributed by atoms with Gasteiger partial charge in [0.2, 0.25) is 6.79 Å². The maximum atomic E-state index is 8.89. The van der Waals surface area contributed by atoms with Crippen LogP contribution in [0.4, 0.5) is 0 Å². The molecule has 0 saturated heterocycles. The van der Waals surface area contributed by atoms with Gasteiger partial charge < -0.3 is 19.2 Å². The summed E-state index contributed by atoms with van der Waals surface area (Å²) < 4.78 is 16.8. The molecule has 0 aromatic heterocycles. The molecule has 4 nitrogen and oxygen atoms in total. The molecular formula is C21H14BO4. The summed E-state index contributed by atoms with van der Waals surface area (Å²) in [6.07, 6.45) is 0. The summed E-state index contributed by atoms with van der Waals surface area (Å²) in [4.78, 5) is 0. The Labute approximate surface area is 150 Å². The normalized spacial score (nSPS) is 12.5. The zero-order valence-electron chi connectivity index (χ0n) is 13.8. The van der Waals surface area contributed by atoms with E-state index >= 15 is 0 Å². The Hall–Kier alpha value is -3.18. The topological polar surface area (TPSA) is 47.9 Å². The Bertz CT molecular complexity index is 1140. The van der Waals surface area contributed by atoms with Crippen LogP contribution in [0.1, 0.15) is 0 Å². The average Bonchev–Trinajstić information content (AvgIpc) is 2.87. The minimum Gasteiger partial charge on any atom is -0.537 e. The first-order chi connectivity index (χ1) is 12.8. The van der Waals surface area contributed by atoms with Crippen LogP contribution in [0.2, 0.25) is 0 Å². The summed E-state index contributed by atoms with van der Waals surface area (Å²) in [5.74, 6) is 2.16. The number of rotatable bonds is 2. The van der Waals surface area contributed by atoms with Gasteiger partial charge in [0.05, 0.1) is 0 Å². The highest BCUT2D eigenvalue weighted by Gasteiger charge is 2.21. The molecule has 26 heavy (non-hydrogen) atoms. The summed E-state index contributed by atoms with van der Waals surface area (Å²) in [6.45, 7) is 0.171. The average molecular weight is 341 g/mol. The largest absolute Gasteiger partial charge is 0.569 e. The fraction of sp³-hybridized carbons (Fsp3) is 0.0476. The van der Waals surface area contributed by atoms with E-state index in [1.165, 1.54) is 0 Å². The molecule has 5 heteroatoms. The lowest BCUT2D eigenvalue weighted by molar-refractivity contribution is 0.125. The fourth-order valence-electron chi connectivity index (χ4n) is 3.59. The van der Waals surface area contributed by atoms with Crippen LogP contribution in [0.15, 0.2) is 66.7 Å². The fourth-order valence-corrected chi connectivity index (χ4v) is 3.59. The smallest absolute Gasteiger partial charge is 0.537 e. The third-order valence-corrected chi connectivity index (χ3v) is 4.71. The molecule has 0 fully saturated rings. The van der Waals surface area contributed by atoms with Crippen molar-refractivity contribution >= 4 is 29.2 Å². The van der Waals surface area contributed by atoms with Crippen LogP contribution in [0.3, 0.4) is 0 Å². The van der Waals surface area contributed by atoms with E-state index < -0.39 is 0 Å². The highest BCUT2D eigenvalue weighted by molar-refractivity contribution is 6.17. The second-order valence-corrected chi connectivity index (χ2v) is 6.11. The lowest BCUT2D eigenvalue weighted by atomic mass is 9.92. The minimum absolute atomic E-state index is 0.171. The summed E-state index contributed by atoms with van der Waals surface area (Å²) in [5, 5.41) is 13.2. The molecule has 0 spiro atoms. The molecule has 0 atom stereocenters. The lowest BCUT2D eigenvalue weighted by Gasteiger charge is -2.14. The van der Waals surface area contributed by atoms with E-state index in [1.54, 1.807) is 0 Å². The molecular weight excluding hydrogens is 327 g/mol. The summed E-state index contributed by atoms with van der Waals surface area (Å²) in [7, 11) is 0.685. The molecule has 1 aliphatic heterocycles.